The second-order valence-electron chi connectivity index (χ2n) is 5.97. The van der Waals surface area contributed by atoms with Crippen molar-refractivity contribution in [3.05, 3.63) is 60.3 Å². The van der Waals surface area contributed by atoms with Gasteiger partial charge in [0.25, 0.3) is 5.91 Å². The molecule has 0 fully saturated rings. The summed E-state index contributed by atoms with van der Waals surface area (Å²) in [5, 5.41) is 2.82. The Morgan fingerprint density at radius 3 is 2.56 bits per heavy atom. The fourth-order valence-corrected chi connectivity index (χ4v) is 2.48. The number of carbonyl (C=O) groups excluding carboxylic acids is 1. The molecule has 5 nitrogen and oxygen atoms in total. The van der Waals surface area contributed by atoms with Crippen LogP contribution in [0.5, 0.6) is 5.88 Å². The number of aromatic nitrogens is 2. The number of para-hydroxylation sites is 2. The molecule has 0 saturated carbocycles. The van der Waals surface area contributed by atoms with Gasteiger partial charge in [-0.05, 0) is 42.2 Å². The largest absolute Gasteiger partial charge is 0.466 e. The summed E-state index contributed by atoms with van der Waals surface area (Å²) in [6, 6.07) is 15.4. The smallest absolute Gasteiger partial charge is 0.262 e. The molecule has 1 N–H and O–H groups in total. The maximum Gasteiger partial charge on any atom is 0.262 e. The quantitative estimate of drug-likeness (QED) is 0.734. The number of anilines is 1. The number of ether oxygens (including phenoxy) is 1. The topological polar surface area (TPSA) is 64.1 Å². The Kier molecular flexibility index (Phi) is 5.23. The average Bonchev–Trinajstić information content (AvgIpc) is 2.66. The zero-order valence-corrected chi connectivity index (χ0v) is 14.4. The monoisotopic (exact) mass is 335 g/mol. The summed E-state index contributed by atoms with van der Waals surface area (Å²) in [6.45, 7) is 4.24. The average molecular weight is 335 g/mol. The summed E-state index contributed by atoms with van der Waals surface area (Å²) in [7, 11) is 0. The molecular weight excluding hydrogens is 314 g/mol. The van der Waals surface area contributed by atoms with Gasteiger partial charge in [-0.15, -0.1) is 0 Å². The van der Waals surface area contributed by atoms with Crippen molar-refractivity contribution in [1.82, 2.24) is 9.97 Å². The van der Waals surface area contributed by atoms with E-state index in [1.165, 1.54) is 11.8 Å². The molecule has 3 aromatic rings. The molecule has 1 amide bonds. The van der Waals surface area contributed by atoms with Crippen LogP contribution in [0.4, 0.5) is 5.69 Å². The highest BCUT2D eigenvalue weighted by Gasteiger charge is 2.07. The fourth-order valence-electron chi connectivity index (χ4n) is 2.48. The number of carbonyl (C=O) groups is 1. The van der Waals surface area contributed by atoms with Crippen molar-refractivity contribution in [2.45, 2.75) is 26.2 Å². The first-order valence-electron chi connectivity index (χ1n) is 8.40. The normalized spacial score (nSPS) is 11.9. The third-order valence-electron chi connectivity index (χ3n) is 4.15. The van der Waals surface area contributed by atoms with Gasteiger partial charge in [-0.2, -0.15) is 0 Å². The van der Waals surface area contributed by atoms with Crippen molar-refractivity contribution in [3.8, 4) is 5.88 Å². The highest BCUT2D eigenvalue weighted by Crippen LogP contribution is 2.20. The number of nitrogens with zero attached hydrogens (tertiary/aromatic N) is 2. The zero-order valence-electron chi connectivity index (χ0n) is 14.4. The van der Waals surface area contributed by atoms with E-state index in [1.807, 2.05) is 48.5 Å². The second kappa shape index (κ2) is 7.75. The van der Waals surface area contributed by atoms with E-state index >= 15 is 0 Å². The van der Waals surface area contributed by atoms with Gasteiger partial charge >= 0.3 is 0 Å². The molecule has 0 saturated heterocycles. The van der Waals surface area contributed by atoms with E-state index in [1.54, 1.807) is 0 Å². The van der Waals surface area contributed by atoms with Crippen LogP contribution in [0.2, 0.25) is 0 Å². The van der Waals surface area contributed by atoms with Crippen molar-refractivity contribution < 1.29 is 9.53 Å². The number of rotatable bonds is 6. The highest BCUT2D eigenvalue weighted by molar-refractivity contribution is 5.91. The van der Waals surface area contributed by atoms with Gasteiger partial charge in [-0.3, -0.25) is 4.79 Å². The van der Waals surface area contributed by atoms with Crippen molar-refractivity contribution in [3.63, 3.8) is 0 Å². The van der Waals surface area contributed by atoms with E-state index < -0.39 is 0 Å². The Morgan fingerprint density at radius 1 is 1.12 bits per heavy atom. The molecule has 0 bridgehead atoms. The molecule has 0 aliphatic rings. The lowest BCUT2D eigenvalue weighted by Gasteiger charge is -2.11. The van der Waals surface area contributed by atoms with E-state index in [-0.39, 0.29) is 12.5 Å². The number of benzene rings is 2. The molecule has 1 aromatic heterocycles. The number of nitrogens with one attached hydrogen (secondary N) is 1. The maximum absolute atomic E-state index is 12.0. The fraction of sp³-hybridized carbons (Fsp3) is 0.250. The highest BCUT2D eigenvalue weighted by atomic mass is 16.5. The first kappa shape index (κ1) is 16.9. The van der Waals surface area contributed by atoms with E-state index in [4.69, 9.17) is 4.74 Å². The lowest BCUT2D eigenvalue weighted by Crippen LogP contribution is -2.20. The predicted octanol–water partition coefficient (Wildman–Crippen LogP) is 4.16. The molecule has 2 aromatic carbocycles. The lowest BCUT2D eigenvalue weighted by atomic mass is 9.99. The van der Waals surface area contributed by atoms with Crippen LogP contribution in [0.3, 0.4) is 0 Å². The van der Waals surface area contributed by atoms with Gasteiger partial charge in [-0.25, -0.2) is 9.97 Å². The predicted molar refractivity (Wildman–Crippen MR) is 98.8 cm³/mol. The van der Waals surface area contributed by atoms with Gasteiger partial charge in [0.05, 0.1) is 17.2 Å². The molecule has 1 unspecified atom stereocenters. The van der Waals surface area contributed by atoms with Crippen LogP contribution in [0, 0.1) is 0 Å². The zero-order chi connectivity index (χ0) is 17.6. The Bertz CT molecular complexity index is 862. The molecule has 1 heterocycles. The van der Waals surface area contributed by atoms with Gasteiger partial charge in [0.1, 0.15) is 0 Å². The van der Waals surface area contributed by atoms with Gasteiger partial charge < -0.3 is 10.1 Å². The van der Waals surface area contributed by atoms with Crippen LogP contribution < -0.4 is 10.1 Å². The molecule has 1 atom stereocenters. The van der Waals surface area contributed by atoms with Gasteiger partial charge in [0.15, 0.2) is 6.61 Å². The van der Waals surface area contributed by atoms with E-state index in [0.29, 0.717) is 11.8 Å². The number of hydrogen-bond acceptors (Lipinski definition) is 4. The van der Waals surface area contributed by atoms with Gasteiger partial charge in [0.2, 0.25) is 5.88 Å². The third kappa shape index (κ3) is 4.32. The molecule has 0 spiro atoms. The molecule has 5 heteroatoms. The van der Waals surface area contributed by atoms with Crippen LogP contribution in [0.1, 0.15) is 31.7 Å². The van der Waals surface area contributed by atoms with Crippen LogP contribution in [0.15, 0.2) is 54.7 Å². The SMILES string of the molecule is CCC(C)c1ccc(NC(=O)COc2cnc3ccccc3n2)cc1. The molecule has 0 aliphatic heterocycles. The lowest BCUT2D eigenvalue weighted by molar-refractivity contribution is -0.118. The van der Waals surface area contributed by atoms with E-state index in [2.05, 4.69) is 29.1 Å². The summed E-state index contributed by atoms with van der Waals surface area (Å²) in [5.41, 5.74) is 3.55. The number of amides is 1. The Morgan fingerprint density at radius 2 is 1.84 bits per heavy atom. The van der Waals surface area contributed by atoms with Crippen molar-refractivity contribution in [2.24, 2.45) is 0 Å². The first-order chi connectivity index (χ1) is 12.2. The second-order valence-corrected chi connectivity index (χ2v) is 5.97. The van der Waals surface area contributed by atoms with Crippen LogP contribution in [0.25, 0.3) is 11.0 Å². The van der Waals surface area contributed by atoms with Crippen LogP contribution in [-0.2, 0) is 4.79 Å². The minimum Gasteiger partial charge on any atom is -0.466 e. The molecule has 0 radical (unpaired) electrons. The molecule has 25 heavy (non-hydrogen) atoms. The van der Waals surface area contributed by atoms with Crippen molar-refractivity contribution in [1.29, 1.82) is 0 Å². The summed E-state index contributed by atoms with van der Waals surface area (Å²) in [5.74, 6) is 0.617. The van der Waals surface area contributed by atoms with Crippen molar-refractivity contribution in [2.75, 3.05) is 11.9 Å². The standard InChI is InChI=1S/C20H21N3O2/c1-3-14(2)15-8-10-16(11-9-15)22-19(24)13-25-20-12-21-17-6-4-5-7-18(17)23-20/h4-12,14H,3,13H2,1-2H3,(H,22,24). The third-order valence-corrected chi connectivity index (χ3v) is 4.15. The van der Waals surface area contributed by atoms with Crippen LogP contribution >= 0.6 is 0 Å². The molecule has 3 rings (SSSR count). The number of hydrogen-bond donors (Lipinski definition) is 1. The summed E-state index contributed by atoms with van der Waals surface area (Å²) in [4.78, 5) is 20.6. The van der Waals surface area contributed by atoms with E-state index in [0.717, 1.165) is 23.1 Å². The Balaban J connectivity index is 1.56. The van der Waals surface area contributed by atoms with Gasteiger partial charge in [0, 0.05) is 5.69 Å². The minimum absolute atomic E-state index is 0.111. The number of fused-ring (bicyclic) bond motifs is 1. The Labute approximate surface area is 147 Å². The molecule has 0 aliphatic carbocycles. The van der Waals surface area contributed by atoms with E-state index in [9.17, 15) is 4.79 Å². The summed E-state index contributed by atoms with van der Waals surface area (Å²) in [6.07, 6.45) is 2.61. The molecular formula is C20H21N3O2. The van der Waals surface area contributed by atoms with Gasteiger partial charge in [-0.1, -0.05) is 38.1 Å². The van der Waals surface area contributed by atoms with Crippen LogP contribution in [-0.4, -0.2) is 22.5 Å². The first-order valence-corrected chi connectivity index (χ1v) is 8.40. The minimum atomic E-state index is -0.230. The molecule has 128 valence electrons. The van der Waals surface area contributed by atoms with Crippen molar-refractivity contribution >= 4 is 22.6 Å². The Hall–Kier alpha value is -2.95. The maximum atomic E-state index is 12.0. The summed E-state index contributed by atoms with van der Waals surface area (Å²) < 4.78 is 5.44. The summed E-state index contributed by atoms with van der Waals surface area (Å²) >= 11 is 0.